The molecule has 2 aliphatic heterocycles. The summed E-state index contributed by atoms with van der Waals surface area (Å²) in [5, 5.41) is 0. The number of nitrogens with one attached hydrogen (secondary N) is 1. The summed E-state index contributed by atoms with van der Waals surface area (Å²) in [4.78, 5) is 24.1. The van der Waals surface area contributed by atoms with Crippen molar-refractivity contribution >= 4 is 5.91 Å². The fraction of sp³-hybridized carbons (Fsp3) is 0.792. The first-order valence-electron chi connectivity index (χ1n) is 12.1. The third-order valence-corrected chi connectivity index (χ3v) is 7.48. The Hall–Kier alpha value is -1.33. The fourth-order valence-electron chi connectivity index (χ4n) is 5.73. The van der Waals surface area contributed by atoms with Crippen LogP contribution in [0.3, 0.4) is 0 Å². The number of nitrogens with zero attached hydrogens (tertiary/aromatic N) is 3. The molecule has 162 valence electrons. The maximum atomic E-state index is 13.4. The molecule has 5 heteroatoms. The SMILES string of the molecule is Cc1[nH]ccc1C(=O)N(CCN1CCCCC1)C[C@@H]1CCCN(C2CCCC2)C1. The first kappa shape index (κ1) is 20.9. The lowest BCUT2D eigenvalue weighted by Gasteiger charge is -2.39. The molecule has 0 radical (unpaired) electrons. The molecule has 1 aromatic rings. The molecule has 5 nitrogen and oxygen atoms in total. The summed E-state index contributed by atoms with van der Waals surface area (Å²) in [6.07, 6.45) is 14.0. The van der Waals surface area contributed by atoms with Gasteiger partial charge in [-0.15, -0.1) is 0 Å². The summed E-state index contributed by atoms with van der Waals surface area (Å²) in [5.41, 5.74) is 1.85. The second-order valence-electron chi connectivity index (χ2n) is 9.61. The number of carbonyl (C=O) groups is 1. The zero-order chi connectivity index (χ0) is 20.1. The molecule has 3 aliphatic rings. The van der Waals surface area contributed by atoms with E-state index in [2.05, 4.69) is 19.7 Å². The van der Waals surface area contributed by atoms with E-state index >= 15 is 0 Å². The first-order chi connectivity index (χ1) is 14.2. The quantitative estimate of drug-likeness (QED) is 0.755. The van der Waals surface area contributed by atoms with Gasteiger partial charge in [-0.05, 0) is 77.1 Å². The van der Waals surface area contributed by atoms with E-state index < -0.39 is 0 Å². The van der Waals surface area contributed by atoms with Crippen LogP contribution in [0.25, 0.3) is 0 Å². The second-order valence-corrected chi connectivity index (χ2v) is 9.61. The van der Waals surface area contributed by atoms with E-state index in [1.807, 2.05) is 19.2 Å². The predicted octanol–water partition coefficient (Wildman–Crippen LogP) is 3.91. The van der Waals surface area contributed by atoms with Crippen molar-refractivity contribution in [2.75, 3.05) is 45.8 Å². The van der Waals surface area contributed by atoms with Crippen LogP contribution in [-0.4, -0.2) is 77.4 Å². The molecule has 3 fully saturated rings. The highest BCUT2D eigenvalue weighted by atomic mass is 16.2. The lowest BCUT2D eigenvalue weighted by molar-refractivity contribution is 0.0609. The topological polar surface area (TPSA) is 42.6 Å². The van der Waals surface area contributed by atoms with Gasteiger partial charge in [-0.25, -0.2) is 0 Å². The number of likely N-dealkylation sites (tertiary alicyclic amines) is 2. The molecule has 1 N–H and O–H groups in total. The van der Waals surface area contributed by atoms with Crippen LogP contribution >= 0.6 is 0 Å². The second kappa shape index (κ2) is 10.1. The van der Waals surface area contributed by atoms with E-state index in [0.717, 1.165) is 36.9 Å². The molecule has 1 amide bonds. The normalized spacial score (nSPS) is 24.8. The van der Waals surface area contributed by atoms with Gasteiger partial charge in [0.2, 0.25) is 0 Å². The van der Waals surface area contributed by atoms with E-state index in [4.69, 9.17) is 0 Å². The first-order valence-corrected chi connectivity index (χ1v) is 12.1. The number of hydrogen-bond donors (Lipinski definition) is 1. The largest absolute Gasteiger partial charge is 0.365 e. The van der Waals surface area contributed by atoms with Gasteiger partial charge in [0.1, 0.15) is 0 Å². The minimum atomic E-state index is 0.221. The van der Waals surface area contributed by atoms with Crippen molar-refractivity contribution in [1.29, 1.82) is 0 Å². The third-order valence-electron chi connectivity index (χ3n) is 7.48. The summed E-state index contributed by atoms with van der Waals surface area (Å²) >= 11 is 0. The molecule has 1 aliphatic carbocycles. The molecule has 0 bridgehead atoms. The highest BCUT2D eigenvalue weighted by Crippen LogP contribution is 2.28. The standard InChI is InChI=1S/C24H40N4O/c1-20-23(11-12-25-20)24(29)28(17-16-26-13-5-2-6-14-26)19-21-8-7-15-27(18-21)22-9-3-4-10-22/h11-12,21-22,25H,2-10,13-19H2,1H3/t21-/m1/s1. The van der Waals surface area contributed by atoms with E-state index in [1.54, 1.807) is 0 Å². The molecule has 0 spiro atoms. The highest BCUT2D eigenvalue weighted by molar-refractivity contribution is 5.95. The van der Waals surface area contributed by atoms with Crippen LogP contribution in [0.15, 0.2) is 12.3 Å². The molecular formula is C24H40N4O. The summed E-state index contributed by atoms with van der Waals surface area (Å²) in [7, 11) is 0. The number of aryl methyl sites for hydroxylation is 1. The van der Waals surface area contributed by atoms with Crippen LogP contribution in [0.4, 0.5) is 0 Å². The van der Waals surface area contributed by atoms with Crippen molar-refractivity contribution in [2.45, 2.75) is 70.8 Å². The zero-order valence-electron chi connectivity index (χ0n) is 18.4. The zero-order valence-corrected chi connectivity index (χ0v) is 18.4. The van der Waals surface area contributed by atoms with Crippen molar-refractivity contribution in [1.82, 2.24) is 19.7 Å². The van der Waals surface area contributed by atoms with E-state index in [9.17, 15) is 4.79 Å². The van der Waals surface area contributed by atoms with E-state index in [1.165, 1.54) is 84.0 Å². The summed E-state index contributed by atoms with van der Waals surface area (Å²) in [6.45, 7) is 9.66. The lowest BCUT2D eigenvalue weighted by Crippen LogP contribution is -2.47. The monoisotopic (exact) mass is 400 g/mol. The Morgan fingerprint density at radius 3 is 2.59 bits per heavy atom. The highest BCUT2D eigenvalue weighted by Gasteiger charge is 2.30. The van der Waals surface area contributed by atoms with Crippen LogP contribution < -0.4 is 0 Å². The molecule has 2 saturated heterocycles. The predicted molar refractivity (Wildman–Crippen MR) is 118 cm³/mol. The number of carbonyl (C=O) groups excluding carboxylic acids is 1. The maximum absolute atomic E-state index is 13.4. The fourth-order valence-corrected chi connectivity index (χ4v) is 5.73. The Balaban J connectivity index is 1.39. The smallest absolute Gasteiger partial charge is 0.255 e. The molecule has 1 atom stereocenters. The van der Waals surface area contributed by atoms with Gasteiger partial charge in [-0.3, -0.25) is 4.79 Å². The molecule has 29 heavy (non-hydrogen) atoms. The Kier molecular flexibility index (Phi) is 7.30. The van der Waals surface area contributed by atoms with E-state index in [-0.39, 0.29) is 5.91 Å². The summed E-state index contributed by atoms with van der Waals surface area (Å²) in [6, 6.07) is 2.76. The molecule has 0 aromatic carbocycles. The van der Waals surface area contributed by atoms with Crippen LogP contribution in [-0.2, 0) is 0 Å². The van der Waals surface area contributed by atoms with Gasteiger partial charge in [-0.2, -0.15) is 0 Å². The van der Waals surface area contributed by atoms with Gasteiger partial charge >= 0.3 is 0 Å². The number of hydrogen-bond acceptors (Lipinski definition) is 3. The van der Waals surface area contributed by atoms with Crippen molar-refractivity contribution in [3.05, 3.63) is 23.5 Å². The molecule has 1 aromatic heterocycles. The van der Waals surface area contributed by atoms with Gasteiger partial charge in [0.25, 0.3) is 5.91 Å². The maximum Gasteiger partial charge on any atom is 0.255 e. The van der Waals surface area contributed by atoms with Gasteiger partial charge < -0.3 is 19.7 Å². The van der Waals surface area contributed by atoms with Crippen LogP contribution in [0.5, 0.6) is 0 Å². The number of aromatic amines is 1. The third kappa shape index (κ3) is 5.43. The summed E-state index contributed by atoms with van der Waals surface area (Å²) < 4.78 is 0. The van der Waals surface area contributed by atoms with Gasteiger partial charge in [0.05, 0.1) is 5.56 Å². The number of rotatable bonds is 7. The van der Waals surface area contributed by atoms with Crippen LogP contribution in [0, 0.1) is 12.8 Å². The molecule has 4 rings (SSSR count). The number of H-pyrrole nitrogens is 1. The van der Waals surface area contributed by atoms with Crippen molar-refractivity contribution < 1.29 is 4.79 Å². The molecular weight excluding hydrogens is 360 g/mol. The minimum absolute atomic E-state index is 0.221. The van der Waals surface area contributed by atoms with Gasteiger partial charge in [0.15, 0.2) is 0 Å². The lowest BCUT2D eigenvalue weighted by atomic mass is 9.95. The summed E-state index contributed by atoms with van der Waals surface area (Å²) in [5.74, 6) is 0.840. The van der Waals surface area contributed by atoms with Crippen molar-refractivity contribution in [3.63, 3.8) is 0 Å². The Morgan fingerprint density at radius 1 is 1.07 bits per heavy atom. The number of piperidine rings is 2. The van der Waals surface area contributed by atoms with Crippen LogP contribution in [0.2, 0.25) is 0 Å². The van der Waals surface area contributed by atoms with E-state index in [0.29, 0.717) is 5.92 Å². The molecule has 1 saturated carbocycles. The van der Waals surface area contributed by atoms with Crippen molar-refractivity contribution in [3.8, 4) is 0 Å². The van der Waals surface area contributed by atoms with Crippen LogP contribution in [0.1, 0.15) is 73.8 Å². The number of aromatic nitrogens is 1. The number of amides is 1. The van der Waals surface area contributed by atoms with Gasteiger partial charge in [-0.1, -0.05) is 19.3 Å². The van der Waals surface area contributed by atoms with Crippen molar-refractivity contribution in [2.24, 2.45) is 5.92 Å². The average Bonchev–Trinajstić information content (AvgIpc) is 3.43. The van der Waals surface area contributed by atoms with Gasteiger partial charge in [0, 0.05) is 44.1 Å². The Labute approximate surface area is 176 Å². The Bertz CT molecular complexity index is 645. The minimum Gasteiger partial charge on any atom is -0.365 e. The molecule has 0 unspecified atom stereocenters. The Morgan fingerprint density at radius 2 is 1.86 bits per heavy atom. The molecule has 3 heterocycles. The average molecular weight is 401 g/mol.